The van der Waals surface area contributed by atoms with Crippen LogP contribution in [0.5, 0.6) is 0 Å². The van der Waals surface area contributed by atoms with Crippen LogP contribution in [0.4, 0.5) is 0 Å². The summed E-state index contributed by atoms with van der Waals surface area (Å²) in [5, 5.41) is 0. The number of nitrogens with zero attached hydrogens (tertiary/aromatic N) is 1. The quantitative estimate of drug-likeness (QED) is 0.557. The summed E-state index contributed by atoms with van der Waals surface area (Å²) in [6.07, 6.45) is 1.32. The Labute approximate surface area is 56.8 Å². The first-order valence-electron chi connectivity index (χ1n) is 3.62. The van der Waals surface area contributed by atoms with Crippen LogP contribution in [-0.4, -0.2) is 37.7 Å². The average Bonchev–Trinajstić information content (AvgIpc) is 1.86. The minimum absolute atomic E-state index is 0.713. The highest BCUT2D eigenvalue weighted by molar-refractivity contribution is 4.78. The summed E-state index contributed by atoms with van der Waals surface area (Å²) in [5.74, 6) is 0. The van der Waals surface area contributed by atoms with Gasteiger partial charge in [-0.2, -0.15) is 0 Å². The van der Waals surface area contributed by atoms with Crippen molar-refractivity contribution in [2.45, 2.75) is 19.4 Å². The van der Waals surface area contributed by atoms with E-state index >= 15 is 0 Å². The van der Waals surface area contributed by atoms with Gasteiger partial charge in [-0.3, -0.25) is 0 Å². The van der Waals surface area contributed by atoms with E-state index < -0.39 is 0 Å². The molecular weight excluding hydrogens is 114 g/mol. The van der Waals surface area contributed by atoms with Gasteiger partial charge in [-0.15, -0.1) is 0 Å². The maximum Gasteiger partial charge on any atom is 0.0622 e. The number of rotatable bonds is 3. The van der Waals surface area contributed by atoms with E-state index in [9.17, 15) is 0 Å². The summed E-state index contributed by atoms with van der Waals surface area (Å²) in [6.45, 7) is 5.06. The molecule has 1 aliphatic rings. The van der Waals surface area contributed by atoms with E-state index in [1.54, 1.807) is 0 Å². The largest absolute Gasteiger partial charge is 0.380 e. The highest BCUT2D eigenvalue weighted by Gasteiger charge is 2.23. The van der Waals surface area contributed by atoms with E-state index in [2.05, 4.69) is 11.9 Å². The van der Waals surface area contributed by atoms with E-state index in [1.807, 2.05) is 6.92 Å². The van der Waals surface area contributed by atoms with Gasteiger partial charge >= 0.3 is 0 Å². The average molecular weight is 129 g/mol. The summed E-state index contributed by atoms with van der Waals surface area (Å²) in [5.41, 5.74) is 0. The molecule has 0 aliphatic carbocycles. The number of hydrogen-bond acceptors (Lipinski definition) is 2. The van der Waals surface area contributed by atoms with E-state index in [0.29, 0.717) is 6.04 Å². The van der Waals surface area contributed by atoms with E-state index in [4.69, 9.17) is 4.74 Å². The number of hydrogen-bond donors (Lipinski definition) is 0. The van der Waals surface area contributed by atoms with Crippen molar-refractivity contribution < 1.29 is 4.74 Å². The molecule has 0 aromatic rings. The molecule has 1 unspecified atom stereocenters. The Balaban J connectivity index is 1.99. The molecule has 1 rings (SSSR count). The van der Waals surface area contributed by atoms with Crippen LogP contribution < -0.4 is 0 Å². The highest BCUT2D eigenvalue weighted by atomic mass is 16.5. The lowest BCUT2D eigenvalue weighted by molar-refractivity contribution is 0.0262. The zero-order valence-corrected chi connectivity index (χ0v) is 6.26. The van der Waals surface area contributed by atoms with Crippen LogP contribution in [-0.2, 0) is 4.74 Å². The topological polar surface area (TPSA) is 12.5 Å². The lowest BCUT2D eigenvalue weighted by Crippen LogP contribution is -2.47. The van der Waals surface area contributed by atoms with Crippen molar-refractivity contribution in [2.24, 2.45) is 0 Å². The van der Waals surface area contributed by atoms with Crippen molar-refractivity contribution in [1.82, 2.24) is 4.90 Å². The molecule has 54 valence electrons. The molecule has 0 amide bonds. The Hall–Kier alpha value is -0.0800. The first-order chi connectivity index (χ1) is 4.34. The van der Waals surface area contributed by atoms with Gasteiger partial charge in [-0.05, 0) is 26.9 Å². The second-order valence-corrected chi connectivity index (χ2v) is 2.58. The van der Waals surface area contributed by atoms with Crippen molar-refractivity contribution >= 4 is 0 Å². The lowest BCUT2D eigenvalue weighted by atomic mass is 10.1. The second-order valence-electron chi connectivity index (χ2n) is 2.58. The Bertz CT molecular complexity index is 85.0. The molecule has 2 heteroatoms. The van der Waals surface area contributed by atoms with Crippen LogP contribution in [0.1, 0.15) is 13.3 Å². The van der Waals surface area contributed by atoms with Gasteiger partial charge in [0.15, 0.2) is 0 Å². The van der Waals surface area contributed by atoms with Crippen LogP contribution >= 0.6 is 0 Å². The van der Waals surface area contributed by atoms with Crippen molar-refractivity contribution in [1.29, 1.82) is 0 Å². The molecule has 1 saturated heterocycles. The number of ether oxygens (including phenoxy) is 1. The monoisotopic (exact) mass is 129 g/mol. The lowest BCUT2D eigenvalue weighted by Gasteiger charge is -2.37. The zero-order chi connectivity index (χ0) is 6.69. The maximum absolute atomic E-state index is 5.27. The molecule has 0 N–H and O–H groups in total. The molecule has 2 nitrogen and oxygen atoms in total. The normalized spacial score (nSPS) is 28.0. The fourth-order valence-electron chi connectivity index (χ4n) is 1.03. The summed E-state index contributed by atoms with van der Waals surface area (Å²) >= 11 is 0. The van der Waals surface area contributed by atoms with Gasteiger partial charge in [0.05, 0.1) is 6.61 Å². The molecule has 0 saturated carbocycles. The molecule has 1 heterocycles. The Morgan fingerprint density at radius 3 is 2.78 bits per heavy atom. The van der Waals surface area contributed by atoms with Crippen molar-refractivity contribution in [3.8, 4) is 0 Å². The zero-order valence-electron chi connectivity index (χ0n) is 6.26. The van der Waals surface area contributed by atoms with Gasteiger partial charge in [0.25, 0.3) is 0 Å². The predicted octanol–water partition coefficient (Wildman–Crippen LogP) is 0.727. The van der Waals surface area contributed by atoms with Gasteiger partial charge in [0.2, 0.25) is 0 Å². The third-order valence-electron chi connectivity index (χ3n) is 1.95. The van der Waals surface area contributed by atoms with Crippen LogP contribution in [0.2, 0.25) is 0 Å². The fourth-order valence-corrected chi connectivity index (χ4v) is 1.03. The molecule has 9 heavy (non-hydrogen) atoms. The molecule has 1 atom stereocenters. The van der Waals surface area contributed by atoms with Gasteiger partial charge < -0.3 is 9.64 Å². The molecule has 1 fully saturated rings. The second kappa shape index (κ2) is 3.18. The first kappa shape index (κ1) is 7.03. The third kappa shape index (κ3) is 1.66. The summed E-state index contributed by atoms with van der Waals surface area (Å²) < 4.78 is 5.27. The Morgan fingerprint density at radius 2 is 2.44 bits per heavy atom. The SMILES string of the molecule is CCOCC1CCN1C. The van der Waals surface area contributed by atoms with Crippen LogP contribution in [0, 0.1) is 0 Å². The van der Waals surface area contributed by atoms with Crippen LogP contribution in [0.15, 0.2) is 0 Å². The highest BCUT2D eigenvalue weighted by Crippen LogP contribution is 2.13. The molecule has 0 spiro atoms. The molecule has 0 aromatic heterocycles. The van der Waals surface area contributed by atoms with Crippen LogP contribution in [0.25, 0.3) is 0 Å². The maximum atomic E-state index is 5.27. The van der Waals surface area contributed by atoms with Gasteiger partial charge in [-0.25, -0.2) is 0 Å². The van der Waals surface area contributed by atoms with Crippen molar-refractivity contribution in [3.05, 3.63) is 0 Å². The molecule has 0 bridgehead atoms. The minimum atomic E-state index is 0.713. The Morgan fingerprint density at radius 1 is 1.67 bits per heavy atom. The Kier molecular flexibility index (Phi) is 2.49. The molecule has 1 aliphatic heterocycles. The fraction of sp³-hybridized carbons (Fsp3) is 1.00. The van der Waals surface area contributed by atoms with Gasteiger partial charge in [0, 0.05) is 12.6 Å². The minimum Gasteiger partial charge on any atom is -0.380 e. The molecule has 0 radical (unpaired) electrons. The molecular formula is C7H15NO. The van der Waals surface area contributed by atoms with E-state index in [1.165, 1.54) is 13.0 Å². The van der Waals surface area contributed by atoms with Crippen molar-refractivity contribution in [3.63, 3.8) is 0 Å². The predicted molar refractivity (Wildman–Crippen MR) is 37.5 cm³/mol. The summed E-state index contributed by atoms with van der Waals surface area (Å²) in [4.78, 5) is 2.33. The first-order valence-corrected chi connectivity index (χ1v) is 3.62. The molecule has 0 aromatic carbocycles. The standard InChI is InChI=1S/C7H15NO/c1-3-9-6-7-4-5-8(7)2/h7H,3-6H2,1-2H3. The smallest absolute Gasteiger partial charge is 0.0622 e. The van der Waals surface area contributed by atoms with Gasteiger partial charge in [0.1, 0.15) is 0 Å². The number of likely N-dealkylation sites (tertiary alicyclic amines) is 1. The summed E-state index contributed by atoms with van der Waals surface area (Å²) in [6, 6.07) is 0.713. The van der Waals surface area contributed by atoms with Gasteiger partial charge in [-0.1, -0.05) is 0 Å². The number of likely N-dealkylation sites (N-methyl/N-ethyl adjacent to an activating group) is 1. The van der Waals surface area contributed by atoms with E-state index in [-0.39, 0.29) is 0 Å². The van der Waals surface area contributed by atoms with E-state index in [0.717, 1.165) is 13.2 Å². The van der Waals surface area contributed by atoms with Crippen LogP contribution in [0.3, 0.4) is 0 Å². The van der Waals surface area contributed by atoms with Crippen molar-refractivity contribution in [2.75, 3.05) is 26.8 Å². The third-order valence-corrected chi connectivity index (χ3v) is 1.95. The summed E-state index contributed by atoms with van der Waals surface area (Å²) in [7, 11) is 2.15.